The molecule has 2 aromatic carbocycles. The summed E-state index contributed by atoms with van der Waals surface area (Å²) in [5, 5.41) is 11.9. The molecule has 3 rings (SSSR count). The lowest BCUT2D eigenvalue weighted by Crippen LogP contribution is -2.03. The number of nitro groups is 1. The summed E-state index contributed by atoms with van der Waals surface area (Å²) in [4.78, 5) is 10.1. The molecule has 3 aromatic rings. The van der Waals surface area contributed by atoms with Gasteiger partial charge in [-0.05, 0) is 30.0 Å². The van der Waals surface area contributed by atoms with Crippen molar-refractivity contribution < 1.29 is 9.31 Å². The number of fused-ring (bicyclic) bond motifs is 1. The number of nitrogens with zero attached hydrogens (tertiary/aromatic N) is 2. The molecule has 0 N–H and O–H groups in total. The van der Waals surface area contributed by atoms with E-state index in [4.69, 9.17) is 0 Å². The Morgan fingerprint density at radius 3 is 2.81 bits per heavy atom. The monoisotopic (exact) mass is 284 g/mol. The highest BCUT2D eigenvalue weighted by Gasteiger charge is 2.17. The molecule has 4 nitrogen and oxygen atoms in total. The summed E-state index contributed by atoms with van der Waals surface area (Å²) in [5.74, 6) is -0.767. The summed E-state index contributed by atoms with van der Waals surface area (Å²) in [6.45, 7) is 2.26. The molecule has 0 saturated carbocycles. The summed E-state index contributed by atoms with van der Waals surface area (Å²) >= 11 is 0. The fraction of sp³-hybridized carbons (Fsp3) is 0.125. The van der Waals surface area contributed by atoms with Crippen LogP contribution in [0.2, 0.25) is 0 Å². The zero-order chi connectivity index (χ0) is 15.0. The largest absolute Gasteiger partial charge is 0.343 e. The summed E-state index contributed by atoms with van der Waals surface area (Å²) in [6, 6.07) is 12.2. The number of halogens is 1. The topological polar surface area (TPSA) is 48.1 Å². The molecule has 0 atom stereocenters. The van der Waals surface area contributed by atoms with Gasteiger partial charge in [-0.3, -0.25) is 10.1 Å². The van der Waals surface area contributed by atoms with Crippen LogP contribution in [0.4, 0.5) is 10.1 Å². The van der Waals surface area contributed by atoms with Crippen molar-refractivity contribution in [2.75, 3.05) is 0 Å². The highest BCUT2D eigenvalue weighted by Crippen LogP contribution is 2.23. The van der Waals surface area contributed by atoms with Gasteiger partial charge in [-0.2, -0.15) is 4.39 Å². The molecule has 21 heavy (non-hydrogen) atoms. The average Bonchev–Trinajstić information content (AvgIpc) is 2.83. The number of rotatable bonds is 3. The minimum Gasteiger partial charge on any atom is -0.343 e. The first kappa shape index (κ1) is 13.3. The average molecular weight is 284 g/mol. The quantitative estimate of drug-likeness (QED) is 0.538. The third-order valence-corrected chi connectivity index (χ3v) is 3.53. The van der Waals surface area contributed by atoms with Crippen LogP contribution < -0.4 is 0 Å². The first-order valence-corrected chi connectivity index (χ1v) is 6.53. The fourth-order valence-electron chi connectivity index (χ4n) is 2.44. The van der Waals surface area contributed by atoms with Crippen molar-refractivity contribution in [3.8, 4) is 0 Å². The van der Waals surface area contributed by atoms with Crippen molar-refractivity contribution in [3.05, 3.63) is 75.7 Å². The fourth-order valence-corrected chi connectivity index (χ4v) is 2.44. The Hall–Kier alpha value is -2.69. The van der Waals surface area contributed by atoms with E-state index in [0.717, 1.165) is 16.5 Å². The highest BCUT2D eigenvalue weighted by atomic mass is 19.1. The molecule has 5 heteroatoms. The molecule has 0 amide bonds. The molecule has 0 radical (unpaired) electrons. The Kier molecular flexibility index (Phi) is 3.17. The summed E-state index contributed by atoms with van der Waals surface area (Å²) < 4.78 is 16.0. The van der Waals surface area contributed by atoms with E-state index in [9.17, 15) is 14.5 Å². The van der Waals surface area contributed by atoms with E-state index in [2.05, 4.69) is 0 Å². The summed E-state index contributed by atoms with van der Waals surface area (Å²) in [7, 11) is 0. The molecule has 106 valence electrons. The lowest BCUT2D eigenvalue weighted by atomic mass is 10.1. The first-order chi connectivity index (χ1) is 10.1. The molecule has 0 spiro atoms. The van der Waals surface area contributed by atoms with Gasteiger partial charge in [-0.25, -0.2) is 0 Å². The molecule has 0 aliphatic rings. The second kappa shape index (κ2) is 5.01. The first-order valence-electron chi connectivity index (χ1n) is 6.53. The Labute approximate surface area is 120 Å². The Morgan fingerprint density at radius 2 is 2.05 bits per heavy atom. The van der Waals surface area contributed by atoms with Crippen molar-refractivity contribution in [3.63, 3.8) is 0 Å². The van der Waals surface area contributed by atoms with Gasteiger partial charge in [0.1, 0.15) is 0 Å². The molecule has 0 unspecified atom stereocenters. The van der Waals surface area contributed by atoms with Crippen molar-refractivity contribution in [1.29, 1.82) is 0 Å². The third kappa shape index (κ3) is 2.38. The summed E-state index contributed by atoms with van der Waals surface area (Å²) in [6.07, 6.45) is 1.86. The van der Waals surface area contributed by atoms with Crippen LogP contribution in [0.3, 0.4) is 0 Å². The van der Waals surface area contributed by atoms with Gasteiger partial charge in [-0.1, -0.05) is 24.3 Å². The number of nitro benzene ring substituents is 1. The SMILES string of the molecule is Cc1ccc2ccn(Cc3cccc([N+](=O)[O-])c3F)c2c1. The number of hydrogen-bond donors (Lipinski definition) is 0. The molecule has 0 aliphatic heterocycles. The van der Waals surface area contributed by atoms with Crippen LogP contribution in [-0.4, -0.2) is 9.49 Å². The van der Waals surface area contributed by atoms with E-state index < -0.39 is 16.4 Å². The van der Waals surface area contributed by atoms with Gasteiger partial charge in [0.05, 0.1) is 11.5 Å². The van der Waals surface area contributed by atoms with E-state index in [1.165, 1.54) is 12.1 Å². The molecule has 1 aromatic heterocycles. The van der Waals surface area contributed by atoms with E-state index >= 15 is 0 Å². The van der Waals surface area contributed by atoms with Crippen molar-refractivity contribution >= 4 is 16.6 Å². The van der Waals surface area contributed by atoms with Gasteiger partial charge in [-0.15, -0.1) is 0 Å². The van der Waals surface area contributed by atoms with Gasteiger partial charge in [0.25, 0.3) is 0 Å². The zero-order valence-corrected chi connectivity index (χ0v) is 11.4. The standard InChI is InChI=1S/C16H13FN2O2/c1-11-5-6-12-7-8-18(15(12)9-11)10-13-3-2-4-14(16(13)17)19(20)21/h2-9H,10H2,1H3. The Morgan fingerprint density at radius 1 is 1.24 bits per heavy atom. The maximum Gasteiger partial charge on any atom is 0.305 e. The predicted molar refractivity (Wildman–Crippen MR) is 78.8 cm³/mol. The molecule has 0 fully saturated rings. The predicted octanol–water partition coefficient (Wildman–Crippen LogP) is 4.05. The van der Waals surface area contributed by atoms with Crippen LogP contribution in [0.5, 0.6) is 0 Å². The van der Waals surface area contributed by atoms with E-state index in [1.54, 1.807) is 6.07 Å². The molecular weight excluding hydrogens is 271 g/mol. The maximum absolute atomic E-state index is 14.1. The Bertz CT molecular complexity index is 839. The van der Waals surface area contributed by atoms with Crippen LogP contribution in [0.25, 0.3) is 10.9 Å². The summed E-state index contributed by atoms with van der Waals surface area (Å²) in [5.41, 5.74) is 1.92. The lowest BCUT2D eigenvalue weighted by Gasteiger charge is -2.07. The normalized spacial score (nSPS) is 11.0. The number of hydrogen-bond acceptors (Lipinski definition) is 2. The highest BCUT2D eigenvalue weighted by molar-refractivity contribution is 5.80. The molecule has 0 saturated heterocycles. The van der Waals surface area contributed by atoms with Gasteiger partial charge in [0.15, 0.2) is 0 Å². The zero-order valence-electron chi connectivity index (χ0n) is 11.4. The minimum atomic E-state index is -0.767. The Balaban J connectivity index is 2.05. The number of benzene rings is 2. The second-order valence-electron chi connectivity index (χ2n) is 5.01. The van der Waals surface area contributed by atoms with Crippen molar-refractivity contribution in [2.24, 2.45) is 0 Å². The van der Waals surface area contributed by atoms with Gasteiger partial charge >= 0.3 is 5.69 Å². The number of aryl methyl sites for hydroxylation is 1. The maximum atomic E-state index is 14.1. The second-order valence-corrected chi connectivity index (χ2v) is 5.01. The third-order valence-electron chi connectivity index (χ3n) is 3.53. The molecule has 0 bridgehead atoms. The van der Waals surface area contributed by atoms with Crippen LogP contribution >= 0.6 is 0 Å². The van der Waals surface area contributed by atoms with Crippen LogP contribution in [0.1, 0.15) is 11.1 Å². The lowest BCUT2D eigenvalue weighted by molar-refractivity contribution is -0.387. The van der Waals surface area contributed by atoms with Gasteiger partial charge in [0.2, 0.25) is 5.82 Å². The minimum absolute atomic E-state index is 0.264. The van der Waals surface area contributed by atoms with Gasteiger partial charge < -0.3 is 4.57 Å². The van der Waals surface area contributed by atoms with E-state index in [1.807, 2.05) is 42.0 Å². The van der Waals surface area contributed by atoms with Gasteiger partial charge in [0, 0.05) is 23.3 Å². The smallest absolute Gasteiger partial charge is 0.305 e. The van der Waals surface area contributed by atoms with Crippen LogP contribution in [0, 0.1) is 22.9 Å². The molecule has 0 aliphatic carbocycles. The van der Waals surface area contributed by atoms with E-state index in [-0.39, 0.29) is 6.54 Å². The van der Waals surface area contributed by atoms with E-state index in [0.29, 0.717) is 5.56 Å². The molecular formula is C16H13FN2O2. The number of aromatic nitrogens is 1. The van der Waals surface area contributed by atoms with Crippen LogP contribution in [0.15, 0.2) is 48.7 Å². The molecule has 1 heterocycles. The van der Waals surface area contributed by atoms with Crippen molar-refractivity contribution in [1.82, 2.24) is 4.57 Å². The van der Waals surface area contributed by atoms with Crippen molar-refractivity contribution in [2.45, 2.75) is 13.5 Å². The van der Waals surface area contributed by atoms with Crippen LogP contribution in [-0.2, 0) is 6.54 Å².